The van der Waals surface area contributed by atoms with Gasteiger partial charge in [0.2, 0.25) is 0 Å². The van der Waals surface area contributed by atoms with E-state index in [-0.39, 0.29) is 35.7 Å². The molecule has 11 heteroatoms. The van der Waals surface area contributed by atoms with Crippen LogP contribution >= 0.6 is 22.6 Å². The van der Waals surface area contributed by atoms with E-state index in [9.17, 15) is 18.6 Å². The Morgan fingerprint density at radius 2 is 1.59 bits per heavy atom. The Balaban J connectivity index is 2.91. The number of carbonyl (C=O) groups excluding carboxylic acids is 1. The standard InChI is InChI=1S/C16H22IN3O6S/c17-12-9-11(10-19-15(12)18)16(25)20-27(26,7-3-1-5-13(21)22)8-4-2-6-14(23)24/h9-10H,1-8H2,(H2,18,19)(H,21,22)(H,23,24). The first-order chi connectivity index (χ1) is 12.6. The van der Waals surface area contributed by atoms with Crippen molar-refractivity contribution in [3.05, 3.63) is 21.4 Å². The van der Waals surface area contributed by atoms with Crippen LogP contribution in [0, 0.1) is 3.57 Å². The van der Waals surface area contributed by atoms with Crippen LogP contribution in [-0.2, 0) is 19.3 Å². The van der Waals surface area contributed by atoms with Crippen LogP contribution in [-0.4, -0.2) is 48.8 Å². The van der Waals surface area contributed by atoms with Gasteiger partial charge in [-0.25, -0.2) is 9.19 Å². The van der Waals surface area contributed by atoms with Crippen molar-refractivity contribution in [2.75, 3.05) is 17.2 Å². The van der Waals surface area contributed by atoms with Crippen molar-refractivity contribution in [3.63, 3.8) is 0 Å². The predicted molar refractivity (Wildman–Crippen MR) is 109 cm³/mol. The van der Waals surface area contributed by atoms with Crippen LogP contribution in [0.2, 0.25) is 0 Å². The van der Waals surface area contributed by atoms with Crippen LogP contribution in [0.3, 0.4) is 0 Å². The highest BCUT2D eigenvalue weighted by atomic mass is 127. The molecule has 1 amide bonds. The molecule has 0 saturated heterocycles. The zero-order chi connectivity index (χ0) is 20.4. The highest BCUT2D eigenvalue weighted by molar-refractivity contribution is 14.1. The van der Waals surface area contributed by atoms with E-state index in [1.807, 2.05) is 22.6 Å². The Hall–Kier alpha value is -1.76. The molecule has 0 bridgehead atoms. The molecule has 0 atom stereocenters. The lowest BCUT2D eigenvalue weighted by atomic mass is 10.2. The van der Waals surface area contributed by atoms with Gasteiger partial charge in [-0.3, -0.25) is 14.4 Å². The molecule has 0 aliphatic rings. The van der Waals surface area contributed by atoms with Crippen LogP contribution in [0.4, 0.5) is 5.82 Å². The summed E-state index contributed by atoms with van der Waals surface area (Å²) in [5, 5.41) is 17.4. The molecule has 9 nitrogen and oxygen atoms in total. The van der Waals surface area contributed by atoms with Crippen LogP contribution in [0.5, 0.6) is 0 Å². The third-order valence-electron chi connectivity index (χ3n) is 3.57. The third kappa shape index (κ3) is 9.13. The lowest BCUT2D eigenvalue weighted by Gasteiger charge is -2.10. The SMILES string of the molecule is Nc1ncc(C(=O)N=S(=O)(CCCCC(=O)O)CCCCC(=O)O)cc1I. The average molecular weight is 511 g/mol. The molecular weight excluding hydrogens is 489 g/mol. The summed E-state index contributed by atoms with van der Waals surface area (Å²) < 4.78 is 17.5. The lowest BCUT2D eigenvalue weighted by molar-refractivity contribution is -0.138. The number of unbranched alkanes of at least 4 members (excludes halogenated alkanes) is 2. The molecule has 1 heterocycles. The van der Waals surface area contributed by atoms with E-state index in [2.05, 4.69) is 9.35 Å². The van der Waals surface area contributed by atoms with Crippen molar-refractivity contribution in [2.45, 2.75) is 38.5 Å². The van der Waals surface area contributed by atoms with Gasteiger partial charge in [0.15, 0.2) is 0 Å². The van der Waals surface area contributed by atoms with E-state index in [0.717, 1.165) is 0 Å². The van der Waals surface area contributed by atoms with Crippen LogP contribution in [0.25, 0.3) is 0 Å². The smallest absolute Gasteiger partial charge is 0.303 e. The molecule has 0 aliphatic heterocycles. The number of halogens is 1. The molecule has 0 aromatic carbocycles. The number of hydrogen-bond donors (Lipinski definition) is 3. The minimum atomic E-state index is -2.93. The minimum absolute atomic E-state index is 0.0530. The molecule has 0 spiro atoms. The minimum Gasteiger partial charge on any atom is -0.481 e. The fraction of sp³-hybridized carbons (Fsp3) is 0.500. The maximum Gasteiger partial charge on any atom is 0.303 e. The van der Waals surface area contributed by atoms with E-state index in [1.54, 1.807) is 0 Å². The topological polar surface area (TPSA) is 160 Å². The molecule has 1 aromatic rings. The van der Waals surface area contributed by atoms with Crippen molar-refractivity contribution < 1.29 is 28.8 Å². The van der Waals surface area contributed by atoms with Gasteiger partial charge in [-0.2, -0.15) is 4.36 Å². The first-order valence-electron chi connectivity index (χ1n) is 8.24. The predicted octanol–water partition coefficient (Wildman–Crippen LogP) is 2.39. The first-order valence-corrected chi connectivity index (χ1v) is 11.2. The molecule has 0 aliphatic carbocycles. The number of amides is 1. The Kier molecular flexibility index (Phi) is 9.63. The van der Waals surface area contributed by atoms with Gasteiger partial charge >= 0.3 is 11.9 Å². The fourth-order valence-electron chi connectivity index (χ4n) is 2.17. The van der Waals surface area contributed by atoms with Gasteiger partial charge in [-0.1, -0.05) is 0 Å². The van der Waals surface area contributed by atoms with Crippen molar-refractivity contribution in [3.8, 4) is 0 Å². The molecule has 0 radical (unpaired) electrons. The second kappa shape index (κ2) is 11.2. The van der Waals surface area contributed by atoms with Gasteiger partial charge in [0.1, 0.15) is 5.82 Å². The van der Waals surface area contributed by atoms with Gasteiger partial charge in [0.25, 0.3) is 5.91 Å². The second-order valence-electron chi connectivity index (χ2n) is 5.87. The molecule has 0 saturated carbocycles. The number of carboxylic acid groups (broad SMARTS) is 2. The zero-order valence-electron chi connectivity index (χ0n) is 14.6. The number of aromatic nitrogens is 1. The van der Waals surface area contributed by atoms with Crippen molar-refractivity contribution in [1.29, 1.82) is 0 Å². The number of nitrogen functional groups attached to an aromatic ring is 1. The quantitative estimate of drug-likeness (QED) is 0.302. The highest BCUT2D eigenvalue weighted by Crippen LogP contribution is 2.16. The Morgan fingerprint density at radius 3 is 2.04 bits per heavy atom. The third-order valence-corrected chi connectivity index (χ3v) is 6.79. The lowest BCUT2D eigenvalue weighted by Crippen LogP contribution is -2.15. The molecule has 0 unspecified atom stereocenters. The van der Waals surface area contributed by atoms with E-state index >= 15 is 0 Å². The molecule has 150 valence electrons. The summed E-state index contributed by atoms with van der Waals surface area (Å²) in [5.74, 6) is -2.13. The Bertz CT molecular complexity index is 792. The summed E-state index contributed by atoms with van der Waals surface area (Å²) in [6.45, 7) is 0. The summed E-state index contributed by atoms with van der Waals surface area (Å²) >= 11 is 1.92. The van der Waals surface area contributed by atoms with Crippen molar-refractivity contribution in [1.82, 2.24) is 4.98 Å². The molecule has 1 rings (SSSR count). The summed E-state index contributed by atoms with van der Waals surface area (Å²) in [7, 11) is -2.93. The highest BCUT2D eigenvalue weighted by Gasteiger charge is 2.15. The fourth-order valence-corrected chi connectivity index (χ4v) is 4.75. The molecular formula is C16H22IN3O6S. The summed E-state index contributed by atoms with van der Waals surface area (Å²) in [5.41, 5.74) is 5.78. The molecule has 1 aromatic heterocycles. The summed E-state index contributed by atoms with van der Waals surface area (Å²) in [4.78, 5) is 37.5. The Morgan fingerprint density at radius 1 is 1.07 bits per heavy atom. The maximum atomic E-state index is 13.1. The number of aliphatic carboxylic acids is 2. The number of nitrogens with two attached hydrogens (primary N) is 1. The van der Waals surface area contributed by atoms with Gasteiger partial charge in [-0.15, -0.1) is 0 Å². The van der Waals surface area contributed by atoms with Crippen LogP contribution in [0.15, 0.2) is 16.6 Å². The number of nitrogens with zero attached hydrogens (tertiary/aromatic N) is 2. The van der Waals surface area contributed by atoms with E-state index in [1.165, 1.54) is 12.3 Å². The van der Waals surface area contributed by atoms with Crippen LogP contribution in [0.1, 0.15) is 48.9 Å². The monoisotopic (exact) mass is 511 g/mol. The average Bonchev–Trinajstić information content (AvgIpc) is 2.58. The van der Waals surface area contributed by atoms with E-state index < -0.39 is 27.6 Å². The molecule has 4 N–H and O–H groups in total. The van der Waals surface area contributed by atoms with Crippen molar-refractivity contribution >= 4 is 56.0 Å². The second-order valence-corrected chi connectivity index (χ2v) is 9.58. The number of hydrogen-bond acceptors (Lipinski definition) is 6. The summed E-state index contributed by atoms with van der Waals surface area (Å²) in [6.07, 6.45) is 2.50. The number of rotatable bonds is 11. The molecule has 27 heavy (non-hydrogen) atoms. The van der Waals surface area contributed by atoms with Gasteiger partial charge in [-0.05, 0) is 54.3 Å². The summed E-state index contributed by atoms with van der Waals surface area (Å²) in [6, 6.07) is 1.50. The first kappa shape index (κ1) is 23.3. The molecule has 0 fully saturated rings. The van der Waals surface area contributed by atoms with E-state index in [4.69, 9.17) is 15.9 Å². The van der Waals surface area contributed by atoms with E-state index in [0.29, 0.717) is 29.3 Å². The van der Waals surface area contributed by atoms with Gasteiger partial charge in [0, 0.05) is 30.5 Å². The zero-order valence-corrected chi connectivity index (χ0v) is 17.6. The van der Waals surface area contributed by atoms with Crippen molar-refractivity contribution in [2.24, 2.45) is 4.36 Å². The van der Waals surface area contributed by atoms with Gasteiger partial charge in [0.05, 0.1) is 18.9 Å². The normalized spacial score (nSPS) is 11.1. The van der Waals surface area contributed by atoms with Crippen LogP contribution < -0.4 is 5.73 Å². The largest absolute Gasteiger partial charge is 0.481 e. The Labute approximate surface area is 171 Å². The number of pyridine rings is 1. The number of carboxylic acids is 2. The maximum absolute atomic E-state index is 13.1. The number of anilines is 1. The number of carbonyl (C=O) groups is 3. The van der Waals surface area contributed by atoms with Gasteiger partial charge < -0.3 is 15.9 Å².